The third-order valence-corrected chi connectivity index (χ3v) is 2.76. The molecule has 1 aromatic carbocycles. The van der Waals surface area contributed by atoms with Gasteiger partial charge in [0.25, 0.3) is 0 Å². The van der Waals surface area contributed by atoms with Gasteiger partial charge in [0.1, 0.15) is 5.82 Å². The van der Waals surface area contributed by atoms with Crippen LogP contribution in [0, 0.1) is 27.2 Å². The van der Waals surface area contributed by atoms with Crippen LogP contribution in [-0.4, -0.2) is 20.0 Å². The van der Waals surface area contributed by atoms with Gasteiger partial charge in [-0.3, -0.25) is 25.3 Å². The van der Waals surface area contributed by atoms with E-state index in [1.807, 2.05) is 0 Å². The number of anilines is 2. The Hall–Kier alpha value is -3.57. The quantitative estimate of drug-likeness (QED) is 0.437. The van der Waals surface area contributed by atoms with Gasteiger partial charge in [0.05, 0.1) is 9.85 Å². The van der Waals surface area contributed by atoms with E-state index in [-0.39, 0.29) is 23.0 Å². The van der Waals surface area contributed by atoms with Gasteiger partial charge in [-0.1, -0.05) is 0 Å². The molecule has 12 nitrogen and oxygen atoms in total. The number of aromatic amines is 1. The van der Waals surface area contributed by atoms with Gasteiger partial charge in [0.2, 0.25) is 0 Å². The summed E-state index contributed by atoms with van der Waals surface area (Å²) in [5, 5.41) is 35.4. The molecule has 0 amide bonds. The predicted octanol–water partition coefficient (Wildman–Crippen LogP) is 2.11. The minimum Gasteiger partial charge on any atom is -0.382 e. The standard InChI is InChI=1S/C10H10N8O4/c1-4-2-3-5(17(19)20)8(18(21)22)6(4)13-14-7-9(11)15-16-10(7)12/h2-3H,1H3,(H5,11,12,15,16). The number of nitrogens with two attached hydrogens (primary N) is 2. The number of nitro groups is 2. The van der Waals surface area contributed by atoms with Crippen LogP contribution in [0.25, 0.3) is 0 Å². The monoisotopic (exact) mass is 306 g/mol. The van der Waals surface area contributed by atoms with Crippen molar-refractivity contribution in [2.24, 2.45) is 10.2 Å². The van der Waals surface area contributed by atoms with Crippen LogP contribution in [0.4, 0.5) is 34.4 Å². The Labute approximate surface area is 122 Å². The summed E-state index contributed by atoms with van der Waals surface area (Å²) >= 11 is 0. The van der Waals surface area contributed by atoms with Crippen molar-refractivity contribution < 1.29 is 9.85 Å². The van der Waals surface area contributed by atoms with Crippen molar-refractivity contribution in [2.75, 3.05) is 11.5 Å². The van der Waals surface area contributed by atoms with Crippen molar-refractivity contribution in [1.29, 1.82) is 0 Å². The van der Waals surface area contributed by atoms with Gasteiger partial charge in [-0.2, -0.15) is 5.10 Å². The summed E-state index contributed by atoms with van der Waals surface area (Å²) in [5.41, 5.74) is 9.67. The maximum Gasteiger partial charge on any atom is 0.373 e. The molecule has 2 aromatic rings. The van der Waals surface area contributed by atoms with Gasteiger partial charge in [-0.25, -0.2) is 0 Å². The van der Waals surface area contributed by atoms with E-state index in [0.717, 1.165) is 6.07 Å². The number of hydrogen-bond donors (Lipinski definition) is 3. The maximum absolute atomic E-state index is 11.1. The molecule has 0 aliphatic rings. The minimum absolute atomic E-state index is 0.000189. The lowest BCUT2D eigenvalue weighted by Gasteiger charge is -2.01. The second kappa shape index (κ2) is 5.43. The van der Waals surface area contributed by atoms with E-state index in [4.69, 9.17) is 11.5 Å². The van der Waals surface area contributed by atoms with Gasteiger partial charge in [0, 0.05) is 6.07 Å². The Morgan fingerprint density at radius 3 is 2.27 bits per heavy atom. The normalized spacial score (nSPS) is 11.0. The molecule has 1 heterocycles. The number of hydrogen-bond acceptors (Lipinski definition) is 9. The number of rotatable bonds is 4. The number of benzene rings is 1. The second-order valence-electron chi connectivity index (χ2n) is 4.18. The highest BCUT2D eigenvalue weighted by Crippen LogP contribution is 2.40. The second-order valence-corrected chi connectivity index (χ2v) is 4.18. The van der Waals surface area contributed by atoms with Gasteiger partial charge in [-0.05, 0) is 18.6 Å². The van der Waals surface area contributed by atoms with Crippen LogP contribution < -0.4 is 11.5 Å². The van der Waals surface area contributed by atoms with E-state index >= 15 is 0 Å². The number of nitro benzene ring substituents is 2. The molecule has 114 valence electrons. The molecule has 0 radical (unpaired) electrons. The van der Waals surface area contributed by atoms with Crippen molar-refractivity contribution in [3.8, 4) is 0 Å². The third-order valence-electron chi connectivity index (χ3n) is 2.76. The van der Waals surface area contributed by atoms with E-state index in [1.54, 1.807) is 0 Å². The van der Waals surface area contributed by atoms with Crippen molar-refractivity contribution in [2.45, 2.75) is 6.92 Å². The van der Waals surface area contributed by atoms with Crippen LogP contribution in [0.1, 0.15) is 5.56 Å². The summed E-state index contributed by atoms with van der Waals surface area (Å²) in [4.78, 5) is 20.3. The summed E-state index contributed by atoms with van der Waals surface area (Å²) < 4.78 is 0. The highest BCUT2D eigenvalue weighted by Gasteiger charge is 2.30. The first kappa shape index (κ1) is 14.8. The molecule has 2 rings (SSSR count). The molecule has 22 heavy (non-hydrogen) atoms. The first-order chi connectivity index (χ1) is 10.3. The SMILES string of the molecule is Cc1ccc([N+](=O)[O-])c([N+](=O)[O-])c1N=Nc1c(N)n[nH]c1N. The molecule has 0 saturated carbocycles. The molecule has 0 aliphatic heterocycles. The Bertz CT molecular complexity index is 777. The van der Waals surface area contributed by atoms with Crippen LogP contribution in [0.2, 0.25) is 0 Å². The minimum atomic E-state index is -0.887. The molecule has 0 bridgehead atoms. The van der Waals surface area contributed by atoms with Gasteiger partial charge in [0.15, 0.2) is 17.2 Å². The average Bonchev–Trinajstić information content (AvgIpc) is 2.76. The molecule has 0 atom stereocenters. The molecule has 0 aliphatic carbocycles. The molecule has 0 spiro atoms. The summed E-state index contributed by atoms with van der Waals surface area (Å²) in [5.74, 6) is -0.0287. The topological polar surface area (TPSA) is 192 Å². The largest absolute Gasteiger partial charge is 0.382 e. The maximum atomic E-state index is 11.1. The number of aromatic nitrogens is 2. The zero-order chi connectivity index (χ0) is 16.4. The first-order valence-corrected chi connectivity index (χ1v) is 5.76. The summed E-state index contributed by atoms with van der Waals surface area (Å²) in [6.07, 6.45) is 0. The molecule has 0 unspecified atom stereocenters. The van der Waals surface area contributed by atoms with Crippen molar-refractivity contribution in [1.82, 2.24) is 10.2 Å². The van der Waals surface area contributed by atoms with Crippen LogP contribution in [0.15, 0.2) is 22.4 Å². The smallest absolute Gasteiger partial charge is 0.373 e. The molecular weight excluding hydrogens is 296 g/mol. The molecule has 1 aromatic heterocycles. The highest BCUT2D eigenvalue weighted by molar-refractivity contribution is 5.73. The number of nitrogens with zero attached hydrogens (tertiary/aromatic N) is 5. The Morgan fingerprint density at radius 1 is 1.14 bits per heavy atom. The summed E-state index contributed by atoms with van der Waals surface area (Å²) in [6, 6.07) is 2.37. The molecular formula is C10H10N8O4. The Balaban J connectivity index is 2.62. The number of H-pyrrole nitrogens is 1. The van der Waals surface area contributed by atoms with E-state index in [2.05, 4.69) is 20.4 Å². The Kier molecular flexibility index (Phi) is 3.66. The molecule has 5 N–H and O–H groups in total. The van der Waals surface area contributed by atoms with Gasteiger partial charge < -0.3 is 11.5 Å². The fourth-order valence-electron chi connectivity index (χ4n) is 1.69. The van der Waals surface area contributed by atoms with Crippen molar-refractivity contribution in [3.63, 3.8) is 0 Å². The number of azo groups is 1. The van der Waals surface area contributed by atoms with Gasteiger partial charge >= 0.3 is 11.4 Å². The number of aryl methyl sites for hydroxylation is 1. The van der Waals surface area contributed by atoms with Crippen LogP contribution in [-0.2, 0) is 0 Å². The highest BCUT2D eigenvalue weighted by atomic mass is 16.6. The predicted molar refractivity (Wildman–Crippen MR) is 76.1 cm³/mol. The zero-order valence-electron chi connectivity index (χ0n) is 11.2. The zero-order valence-corrected chi connectivity index (χ0v) is 11.2. The van der Waals surface area contributed by atoms with Crippen LogP contribution in [0.3, 0.4) is 0 Å². The van der Waals surface area contributed by atoms with Gasteiger partial charge in [-0.15, -0.1) is 10.2 Å². The van der Waals surface area contributed by atoms with Crippen molar-refractivity contribution >= 4 is 34.4 Å². The molecule has 12 heteroatoms. The Morgan fingerprint density at radius 2 is 1.77 bits per heavy atom. The van der Waals surface area contributed by atoms with Crippen LogP contribution in [0.5, 0.6) is 0 Å². The summed E-state index contributed by atoms with van der Waals surface area (Å²) in [7, 11) is 0. The lowest BCUT2D eigenvalue weighted by molar-refractivity contribution is -0.422. The van der Waals surface area contributed by atoms with Crippen LogP contribution >= 0.6 is 0 Å². The van der Waals surface area contributed by atoms with E-state index in [9.17, 15) is 20.2 Å². The van der Waals surface area contributed by atoms with E-state index in [0.29, 0.717) is 5.56 Å². The van der Waals surface area contributed by atoms with E-state index in [1.165, 1.54) is 13.0 Å². The fourth-order valence-corrected chi connectivity index (χ4v) is 1.69. The van der Waals surface area contributed by atoms with Crippen molar-refractivity contribution in [3.05, 3.63) is 37.9 Å². The molecule has 0 fully saturated rings. The first-order valence-electron chi connectivity index (χ1n) is 5.76. The number of nitrogens with one attached hydrogen (secondary N) is 1. The number of nitrogen functional groups attached to an aromatic ring is 2. The lowest BCUT2D eigenvalue weighted by atomic mass is 10.1. The van der Waals surface area contributed by atoms with E-state index < -0.39 is 21.2 Å². The fraction of sp³-hybridized carbons (Fsp3) is 0.100. The lowest BCUT2D eigenvalue weighted by Crippen LogP contribution is -1.97. The third kappa shape index (κ3) is 2.52. The summed E-state index contributed by atoms with van der Waals surface area (Å²) in [6.45, 7) is 1.51. The average molecular weight is 306 g/mol. The molecule has 0 saturated heterocycles.